The van der Waals surface area contributed by atoms with E-state index in [9.17, 15) is 4.79 Å². The summed E-state index contributed by atoms with van der Waals surface area (Å²) in [6, 6.07) is 8.23. The second kappa shape index (κ2) is 7.48. The first-order valence-corrected chi connectivity index (χ1v) is 6.29. The summed E-state index contributed by atoms with van der Waals surface area (Å²) in [5, 5.41) is 3.17. The Hall–Kier alpha value is -1.10. The molecule has 0 aliphatic carbocycles. The standard InChI is InChI=1S/C14H20N2O2.ClH/c1-11-3-5-12(6-4-11)10-16(2)14(17)13-9-15-7-8-18-13;/h3-6,13,15H,7-10H2,1-2H3;1H. The van der Waals surface area contributed by atoms with Gasteiger partial charge in [-0.15, -0.1) is 12.4 Å². The van der Waals surface area contributed by atoms with Gasteiger partial charge >= 0.3 is 0 Å². The molecule has 1 amide bonds. The number of hydrogen-bond acceptors (Lipinski definition) is 3. The highest BCUT2D eigenvalue weighted by atomic mass is 35.5. The summed E-state index contributed by atoms with van der Waals surface area (Å²) in [5.41, 5.74) is 2.37. The van der Waals surface area contributed by atoms with E-state index in [1.165, 1.54) is 5.56 Å². The summed E-state index contributed by atoms with van der Waals surface area (Å²) in [7, 11) is 1.82. The zero-order valence-corrected chi connectivity index (χ0v) is 12.2. The molecule has 0 radical (unpaired) electrons. The molecule has 1 aromatic carbocycles. The minimum atomic E-state index is -0.339. The van der Waals surface area contributed by atoms with Crippen LogP contribution in [0.25, 0.3) is 0 Å². The smallest absolute Gasteiger partial charge is 0.253 e. The van der Waals surface area contributed by atoms with E-state index in [1.807, 2.05) is 7.05 Å². The first-order chi connectivity index (χ1) is 8.66. The highest BCUT2D eigenvalue weighted by Gasteiger charge is 2.24. The second-order valence-electron chi connectivity index (χ2n) is 4.74. The van der Waals surface area contributed by atoms with Crippen molar-refractivity contribution in [1.29, 1.82) is 0 Å². The van der Waals surface area contributed by atoms with E-state index in [1.54, 1.807) is 4.90 Å². The lowest BCUT2D eigenvalue weighted by molar-refractivity contribution is -0.144. The van der Waals surface area contributed by atoms with Crippen LogP contribution in [0.2, 0.25) is 0 Å². The van der Waals surface area contributed by atoms with E-state index in [4.69, 9.17) is 4.74 Å². The molecular weight excluding hydrogens is 264 g/mol. The number of carbonyl (C=O) groups excluding carboxylic acids is 1. The zero-order valence-electron chi connectivity index (χ0n) is 11.4. The number of nitrogens with zero attached hydrogens (tertiary/aromatic N) is 1. The molecule has 1 aliphatic rings. The predicted octanol–water partition coefficient (Wildman–Crippen LogP) is 1.36. The average Bonchev–Trinajstić information content (AvgIpc) is 2.41. The van der Waals surface area contributed by atoms with Crippen molar-refractivity contribution < 1.29 is 9.53 Å². The van der Waals surface area contributed by atoms with Crippen molar-refractivity contribution in [3.05, 3.63) is 35.4 Å². The third-order valence-corrected chi connectivity index (χ3v) is 3.12. The van der Waals surface area contributed by atoms with Crippen molar-refractivity contribution in [1.82, 2.24) is 10.2 Å². The zero-order chi connectivity index (χ0) is 13.0. The fraction of sp³-hybridized carbons (Fsp3) is 0.500. The lowest BCUT2D eigenvalue weighted by Crippen LogP contribution is -2.48. The molecule has 2 rings (SSSR count). The van der Waals surface area contributed by atoms with E-state index >= 15 is 0 Å². The Labute approximate surface area is 120 Å². The largest absolute Gasteiger partial charge is 0.366 e. The second-order valence-corrected chi connectivity index (χ2v) is 4.74. The number of halogens is 1. The van der Waals surface area contributed by atoms with Crippen molar-refractivity contribution >= 4 is 18.3 Å². The number of rotatable bonds is 3. The maximum absolute atomic E-state index is 12.1. The van der Waals surface area contributed by atoms with Gasteiger partial charge in [-0.2, -0.15) is 0 Å². The Morgan fingerprint density at radius 2 is 2.11 bits per heavy atom. The summed E-state index contributed by atoms with van der Waals surface area (Å²) in [4.78, 5) is 13.9. The van der Waals surface area contributed by atoms with Gasteiger partial charge in [-0.1, -0.05) is 29.8 Å². The first kappa shape index (κ1) is 16.0. The van der Waals surface area contributed by atoms with Gasteiger partial charge in [-0.3, -0.25) is 4.79 Å². The molecule has 1 fully saturated rings. The maximum atomic E-state index is 12.1. The summed E-state index contributed by atoms with van der Waals surface area (Å²) >= 11 is 0. The monoisotopic (exact) mass is 284 g/mol. The van der Waals surface area contributed by atoms with Gasteiger partial charge in [0, 0.05) is 26.7 Å². The van der Waals surface area contributed by atoms with Gasteiger partial charge < -0.3 is 15.0 Å². The highest BCUT2D eigenvalue weighted by Crippen LogP contribution is 2.08. The van der Waals surface area contributed by atoms with Gasteiger partial charge in [0.15, 0.2) is 0 Å². The average molecular weight is 285 g/mol. The molecule has 4 nitrogen and oxygen atoms in total. The van der Waals surface area contributed by atoms with Crippen LogP contribution in [0.15, 0.2) is 24.3 Å². The SMILES string of the molecule is Cc1ccc(CN(C)C(=O)C2CNCCO2)cc1.Cl. The number of carbonyl (C=O) groups is 1. The Morgan fingerprint density at radius 1 is 1.42 bits per heavy atom. The number of hydrogen-bond donors (Lipinski definition) is 1. The number of amides is 1. The Bertz CT molecular complexity index is 402. The predicted molar refractivity (Wildman–Crippen MR) is 77.5 cm³/mol. The fourth-order valence-electron chi connectivity index (χ4n) is 2.02. The molecule has 1 heterocycles. The van der Waals surface area contributed by atoms with Crippen LogP contribution in [0.3, 0.4) is 0 Å². The maximum Gasteiger partial charge on any atom is 0.253 e. The lowest BCUT2D eigenvalue weighted by atomic mass is 10.1. The van der Waals surface area contributed by atoms with Crippen LogP contribution in [-0.4, -0.2) is 43.7 Å². The van der Waals surface area contributed by atoms with E-state index in [0.717, 1.165) is 12.1 Å². The van der Waals surface area contributed by atoms with E-state index in [2.05, 4.69) is 36.5 Å². The Kier molecular flexibility index (Phi) is 6.28. The van der Waals surface area contributed by atoms with Crippen LogP contribution >= 0.6 is 12.4 Å². The van der Waals surface area contributed by atoms with Crippen LogP contribution in [-0.2, 0) is 16.1 Å². The summed E-state index contributed by atoms with van der Waals surface area (Å²) in [6.45, 7) is 4.72. The van der Waals surface area contributed by atoms with Gasteiger partial charge in [0.25, 0.3) is 5.91 Å². The molecule has 1 N–H and O–H groups in total. The normalized spacial score (nSPS) is 18.5. The molecule has 1 unspecified atom stereocenters. The number of morpholine rings is 1. The molecule has 0 spiro atoms. The molecule has 106 valence electrons. The van der Waals surface area contributed by atoms with Crippen molar-refractivity contribution in [3.8, 4) is 0 Å². The Balaban J connectivity index is 0.00000180. The lowest BCUT2D eigenvalue weighted by Gasteiger charge is -2.27. The highest BCUT2D eigenvalue weighted by molar-refractivity contribution is 5.85. The van der Waals surface area contributed by atoms with Gasteiger partial charge in [0.2, 0.25) is 0 Å². The third kappa shape index (κ3) is 4.49. The molecule has 0 aromatic heterocycles. The molecule has 1 aromatic rings. The van der Waals surface area contributed by atoms with Gasteiger partial charge in [-0.25, -0.2) is 0 Å². The number of nitrogens with one attached hydrogen (secondary N) is 1. The number of likely N-dealkylation sites (N-methyl/N-ethyl adjacent to an activating group) is 1. The number of benzene rings is 1. The fourth-order valence-corrected chi connectivity index (χ4v) is 2.02. The minimum Gasteiger partial charge on any atom is -0.366 e. The summed E-state index contributed by atoms with van der Waals surface area (Å²) < 4.78 is 5.46. The minimum absolute atomic E-state index is 0. The molecule has 1 atom stereocenters. The van der Waals surface area contributed by atoms with Crippen molar-refractivity contribution in [2.24, 2.45) is 0 Å². The van der Waals surface area contributed by atoms with Gasteiger partial charge in [-0.05, 0) is 12.5 Å². The number of ether oxygens (including phenoxy) is 1. The quantitative estimate of drug-likeness (QED) is 0.911. The molecule has 1 aliphatic heterocycles. The molecule has 0 bridgehead atoms. The van der Waals surface area contributed by atoms with Crippen molar-refractivity contribution in [2.75, 3.05) is 26.7 Å². The van der Waals surface area contributed by atoms with Crippen molar-refractivity contribution in [2.45, 2.75) is 19.6 Å². The molecular formula is C14H21ClN2O2. The van der Waals surface area contributed by atoms with Crippen molar-refractivity contribution in [3.63, 3.8) is 0 Å². The third-order valence-electron chi connectivity index (χ3n) is 3.12. The first-order valence-electron chi connectivity index (χ1n) is 6.29. The molecule has 0 saturated carbocycles. The van der Waals surface area contributed by atoms with Crippen LogP contribution in [0, 0.1) is 6.92 Å². The van der Waals surface area contributed by atoms with Crippen LogP contribution in [0.1, 0.15) is 11.1 Å². The van der Waals surface area contributed by atoms with E-state index < -0.39 is 0 Å². The summed E-state index contributed by atoms with van der Waals surface area (Å²) in [6.07, 6.45) is -0.339. The van der Waals surface area contributed by atoms with E-state index in [-0.39, 0.29) is 24.4 Å². The van der Waals surface area contributed by atoms with Gasteiger partial charge in [0.05, 0.1) is 6.61 Å². The topological polar surface area (TPSA) is 41.6 Å². The van der Waals surface area contributed by atoms with Crippen LogP contribution < -0.4 is 5.32 Å². The molecule has 19 heavy (non-hydrogen) atoms. The molecule has 5 heteroatoms. The summed E-state index contributed by atoms with van der Waals surface area (Å²) in [5.74, 6) is 0.0442. The number of aryl methyl sites for hydroxylation is 1. The van der Waals surface area contributed by atoms with Gasteiger partial charge in [0.1, 0.15) is 6.10 Å². The molecule has 1 saturated heterocycles. The van der Waals surface area contributed by atoms with Crippen LogP contribution in [0.5, 0.6) is 0 Å². The van der Waals surface area contributed by atoms with Crippen LogP contribution in [0.4, 0.5) is 0 Å². The Morgan fingerprint density at radius 3 is 2.68 bits per heavy atom. The van der Waals surface area contributed by atoms with E-state index in [0.29, 0.717) is 19.7 Å².